The average molecular weight is 184 g/mol. The number of aliphatic hydroxyl groups excluding tert-OH is 1. The normalized spacial score (nSPS) is 32.1. The Labute approximate surface area is 82.5 Å². The lowest BCUT2D eigenvalue weighted by molar-refractivity contribution is 0.0126. The molecular formula is C12H24O. The second kappa shape index (κ2) is 4.00. The zero-order chi connectivity index (χ0) is 10.1. The Balaban J connectivity index is 2.46. The van der Waals surface area contributed by atoms with Crippen LogP contribution in [0, 0.1) is 17.3 Å². The fourth-order valence-corrected chi connectivity index (χ4v) is 2.48. The Bertz CT molecular complexity index is 157. The Morgan fingerprint density at radius 3 is 2.31 bits per heavy atom. The third-order valence-corrected chi connectivity index (χ3v) is 3.49. The average Bonchev–Trinajstić information content (AvgIpc) is 2.48. The second-order valence-electron chi connectivity index (χ2n) is 5.66. The monoisotopic (exact) mass is 184 g/mol. The van der Waals surface area contributed by atoms with Crippen molar-refractivity contribution in [3.8, 4) is 0 Å². The minimum Gasteiger partial charge on any atom is -0.392 e. The molecule has 3 atom stereocenters. The lowest BCUT2D eigenvalue weighted by atomic mass is 9.80. The van der Waals surface area contributed by atoms with Gasteiger partial charge in [-0.25, -0.2) is 0 Å². The fourth-order valence-electron chi connectivity index (χ4n) is 2.48. The van der Waals surface area contributed by atoms with Crippen LogP contribution in [0.1, 0.15) is 53.4 Å². The molecule has 0 spiro atoms. The highest BCUT2D eigenvalue weighted by Crippen LogP contribution is 2.39. The highest BCUT2D eigenvalue weighted by atomic mass is 16.3. The molecule has 0 radical (unpaired) electrons. The minimum absolute atomic E-state index is 0.0628. The van der Waals surface area contributed by atoms with Crippen molar-refractivity contribution < 1.29 is 5.11 Å². The molecule has 3 unspecified atom stereocenters. The number of aliphatic hydroxyl groups is 1. The van der Waals surface area contributed by atoms with Crippen LogP contribution in [-0.2, 0) is 0 Å². The summed E-state index contributed by atoms with van der Waals surface area (Å²) in [5, 5.41) is 10.1. The van der Waals surface area contributed by atoms with E-state index >= 15 is 0 Å². The van der Waals surface area contributed by atoms with Gasteiger partial charge in [-0.2, -0.15) is 0 Å². The van der Waals surface area contributed by atoms with Crippen molar-refractivity contribution in [2.45, 2.75) is 59.5 Å². The van der Waals surface area contributed by atoms with E-state index in [-0.39, 0.29) is 11.5 Å². The third kappa shape index (κ3) is 2.70. The number of hydrogen-bond donors (Lipinski definition) is 1. The smallest absolute Gasteiger partial charge is 0.0616 e. The van der Waals surface area contributed by atoms with Gasteiger partial charge in [0.25, 0.3) is 0 Å². The van der Waals surface area contributed by atoms with Crippen LogP contribution in [0.5, 0.6) is 0 Å². The lowest BCUT2D eigenvalue weighted by Crippen LogP contribution is -2.32. The van der Waals surface area contributed by atoms with Gasteiger partial charge in [-0.1, -0.05) is 40.5 Å². The van der Waals surface area contributed by atoms with Crippen LogP contribution in [0.25, 0.3) is 0 Å². The van der Waals surface area contributed by atoms with Crippen molar-refractivity contribution in [3.63, 3.8) is 0 Å². The van der Waals surface area contributed by atoms with E-state index in [0.717, 1.165) is 5.92 Å². The summed E-state index contributed by atoms with van der Waals surface area (Å²) >= 11 is 0. The molecule has 0 amide bonds. The lowest BCUT2D eigenvalue weighted by Gasteiger charge is -2.30. The van der Waals surface area contributed by atoms with E-state index in [0.29, 0.717) is 5.92 Å². The van der Waals surface area contributed by atoms with E-state index in [1.807, 2.05) is 0 Å². The molecule has 1 fully saturated rings. The largest absolute Gasteiger partial charge is 0.392 e. The van der Waals surface area contributed by atoms with Crippen molar-refractivity contribution in [2.24, 2.45) is 17.3 Å². The van der Waals surface area contributed by atoms with E-state index in [1.54, 1.807) is 0 Å². The first-order chi connectivity index (χ1) is 5.95. The summed E-state index contributed by atoms with van der Waals surface area (Å²) < 4.78 is 0. The Hall–Kier alpha value is -0.0400. The Morgan fingerprint density at radius 2 is 1.92 bits per heavy atom. The molecule has 0 saturated heterocycles. The number of hydrogen-bond acceptors (Lipinski definition) is 1. The second-order valence-corrected chi connectivity index (χ2v) is 5.66. The fraction of sp³-hybridized carbons (Fsp3) is 1.00. The van der Waals surface area contributed by atoms with Gasteiger partial charge < -0.3 is 5.11 Å². The van der Waals surface area contributed by atoms with E-state index in [2.05, 4.69) is 27.7 Å². The maximum atomic E-state index is 10.1. The molecule has 78 valence electrons. The van der Waals surface area contributed by atoms with Gasteiger partial charge in [0.15, 0.2) is 0 Å². The van der Waals surface area contributed by atoms with Crippen LogP contribution in [0.15, 0.2) is 0 Å². The molecule has 0 aromatic carbocycles. The first-order valence-corrected chi connectivity index (χ1v) is 5.63. The first-order valence-electron chi connectivity index (χ1n) is 5.63. The summed E-state index contributed by atoms with van der Waals surface area (Å²) in [6.07, 6.45) is 4.98. The van der Waals surface area contributed by atoms with Crippen LogP contribution >= 0.6 is 0 Å². The maximum absolute atomic E-state index is 10.1. The van der Waals surface area contributed by atoms with Crippen LogP contribution in [0.4, 0.5) is 0 Å². The van der Waals surface area contributed by atoms with Gasteiger partial charge in [0.05, 0.1) is 6.10 Å². The zero-order valence-corrected chi connectivity index (χ0v) is 9.51. The Kier molecular flexibility index (Phi) is 3.39. The molecule has 0 heterocycles. The molecular weight excluding hydrogens is 160 g/mol. The van der Waals surface area contributed by atoms with Gasteiger partial charge in [0, 0.05) is 0 Å². The number of rotatable bonds is 2. The molecule has 0 aromatic rings. The van der Waals surface area contributed by atoms with Crippen LogP contribution in [-0.4, -0.2) is 11.2 Å². The molecule has 1 heteroatoms. The SMILES string of the molecule is CCC1CCC(C(O)C(C)(C)C)C1. The Morgan fingerprint density at radius 1 is 1.31 bits per heavy atom. The van der Waals surface area contributed by atoms with Crippen molar-refractivity contribution in [1.29, 1.82) is 0 Å². The zero-order valence-electron chi connectivity index (χ0n) is 9.51. The maximum Gasteiger partial charge on any atom is 0.0616 e. The predicted molar refractivity (Wildman–Crippen MR) is 56.6 cm³/mol. The van der Waals surface area contributed by atoms with Crippen molar-refractivity contribution in [2.75, 3.05) is 0 Å². The molecule has 1 aliphatic carbocycles. The summed E-state index contributed by atoms with van der Waals surface area (Å²) in [7, 11) is 0. The summed E-state index contributed by atoms with van der Waals surface area (Å²) in [5.74, 6) is 1.44. The molecule has 0 aromatic heterocycles. The summed E-state index contributed by atoms with van der Waals surface area (Å²) in [6, 6.07) is 0. The van der Waals surface area contributed by atoms with Gasteiger partial charge in [0.1, 0.15) is 0 Å². The highest BCUT2D eigenvalue weighted by molar-refractivity contribution is 4.85. The molecule has 13 heavy (non-hydrogen) atoms. The highest BCUT2D eigenvalue weighted by Gasteiger charge is 2.35. The van der Waals surface area contributed by atoms with Crippen LogP contribution in [0.3, 0.4) is 0 Å². The van der Waals surface area contributed by atoms with E-state index in [4.69, 9.17) is 0 Å². The van der Waals surface area contributed by atoms with E-state index in [1.165, 1.54) is 25.7 Å². The van der Waals surface area contributed by atoms with Crippen molar-refractivity contribution >= 4 is 0 Å². The third-order valence-electron chi connectivity index (χ3n) is 3.49. The van der Waals surface area contributed by atoms with Gasteiger partial charge in [-0.15, -0.1) is 0 Å². The first kappa shape index (κ1) is 11.0. The quantitative estimate of drug-likeness (QED) is 0.698. The standard InChI is InChI=1S/C12H24O/c1-5-9-6-7-10(8-9)11(13)12(2,3)4/h9-11,13H,5-8H2,1-4H3. The molecule has 1 saturated carbocycles. The summed E-state index contributed by atoms with van der Waals surface area (Å²) in [6.45, 7) is 8.67. The molecule has 0 aliphatic heterocycles. The summed E-state index contributed by atoms with van der Waals surface area (Å²) in [5.41, 5.74) is 0.0628. The van der Waals surface area contributed by atoms with E-state index in [9.17, 15) is 5.11 Å². The summed E-state index contributed by atoms with van der Waals surface area (Å²) in [4.78, 5) is 0. The molecule has 1 nitrogen and oxygen atoms in total. The van der Waals surface area contributed by atoms with Crippen molar-refractivity contribution in [3.05, 3.63) is 0 Å². The van der Waals surface area contributed by atoms with Crippen LogP contribution < -0.4 is 0 Å². The predicted octanol–water partition coefficient (Wildman–Crippen LogP) is 3.22. The van der Waals surface area contributed by atoms with Gasteiger partial charge in [0.2, 0.25) is 0 Å². The topological polar surface area (TPSA) is 20.2 Å². The van der Waals surface area contributed by atoms with Crippen molar-refractivity contribution in [1.82, 2.24) is 0 Å². The van der Waals surface area contributed by atoms with E-state index < -0.39 is 0 Å². The van der Waals surface area contributed by atoms with Gasteiger partial charge >= 0.3 is 0 Å². The molecule has 0 bridgehead atoms. The molecule has 1 aliphatic rings. The molecule has 1 N–H and O–H groups in total. The van der Waals surface area contributed by atoms with Gasteiger partial charge in [-0.3, -0.25) is 0 Å². The van der Waals surface area contributed by atoms with Crippen LogP contribution in [0.2, 0.25) is 0 Å². The van der Waals surface area contributed by atoms with Gasteiger partial charge in [-0.05, 0) is 30.1 Å². The minimum atomic E-state index is -0.107. The molecule has 1 rings (SSSR count).